The zero-order valence-corrected chi connectivity index (χ0v) is 19.3. The number of thioether (sulfide) groups is 1. The Balaban J connectivity index is 1.45. The monoisotopic (exact) mass is 495 g/mol. The fourth-order valence-corrected chi connectivity index (χ4v) is 3.98. The van der Waals surface area contributed by atoms with Crippen LogP contribution in [0.4, 0.5) is 4.39 Å². The van der Waals surface area contributed by atoms with Gasteiger partial charge in [0.1, 0.15) is 5.82 Å². The van der Waals surface area contributed by atoms with Gasteiger partial charge in [0.25, 0.3) is 5.91 Å². The minimum absolute atomic E-state index is 0.0366. The van der Waals surface area contributed by atoms with Gasteiger partial charge >= 0.3 is 0 Å². The summed E-state index contributed by atoms with van der Waals surface area (Å²) in [5.41, 5.74) is 6.38. The third-order valence-corrected chi connectivity index (χ3v) is 5.99. The Morgan fingerprint density at radius 2 is 1.62 bits per heavy atom. The summed E-state index contributed by atoms with van der Waals surface area (Å²) in [4.78, 5) is 24.5. The predicted octanol–water partition coefficient (Wildman–Crippen LogP) is 4.34. The molecular formula is C24H19ClFN5O2S. The third-order valence-electron chi connectivity index (χ3n) is 4.77. The van der Waals surface area contributed by atoms with Gasteiger partial charge in [0.15, 0.2) is 11.0 Å². The number of nitrogens with one attached hydrogen (secondary N) is 2. The summed E-state index contributed by atoms with van der Waals surface area (Å²) >= 11 is 6.95. The first kappa shape index (κ1) is 23.5. The number of benzene rings is 3. The quantitative estimate of drug-likeness (QED) is 0.294. The van der Waals surface area contributed by atoms with Crippen LogP contribution in [0, 0.1) is 5.82 Å². The van der Waals surface area contributed by atoms with Crippen molar-refractivity contribution in [1.29, 1.82) is 0 Å². The molecule has 0 saturated heterocycles. The Morgan fingerprint density at radius 1 is 0.912 bits per heavy atom. The fourth-order valence-electron chi connectivity index (χ4n) is 3.11. The lowest BCUT2D eigenvalue weighted by Gasteiger charge is -2.11. The first-order valence-corrected chi connectivity index (χ1v) is 11.6. The van der Waals surface area contributed by atoms with Crippen molar-refractivity contribution in [2.24, 2.45) is 0 Å². The van der Waals surface area contributed by atoms with E-state index >= 15 is 0 Å². The van der Waals surface area contributed by atoms with Crippen molar-refractivity contribution in [2.75, 3.05) is 5.75 Å². The average molecular weight is 496 g/mol. The van der Waals surface area contributed by atoms with E-state index < -0.39 is 17.6 Å². The maximum Gasteiger partial charge on any atom is 0.269 e. The summed E-state index contributed by atoms with van der Waals surface area (Å²) in [5.74, 6) is -0.993. The van der Waals surface area contributed by atoms with E-state index in [0.717, 1.165) is 17.3 Å². The van der Waals surface area contributed by atoms with Crippen molar-refractivity contribution in [2.45, 2.75) is 11.7 Å². The highest BCUT2D eigenvalue weighted by Crippen LogP contribution is 2.27. The van der Waals surface area contributed by atoms with Crippen molar-refractivity contribution in [3.8, 4) is 11.4 Å². The van der Waals surface area contributed by atoms with Gasteiger partial charge in [-0.15, -0.1) is 10.2 Å². The van der Waals surface area contributed by atoms with Crippen LogP contribution in [-0.4, -0.2) is 32.3 Å². The molecule has 0 aliphatic heterocycles. The summed E-state index contributed by atoms with van der Waals surface area (Å²) in [6.45, 7) is 0.398. The Hall–Kier alpha value is -3.69. The van der Waals surface area contributed by atoms with Crippen LogP contribution in [-0.2, 0) is 11.3 Å². The van der Waals surface area contributed by atoms with Crippen LogP contribution in [0.25, 0.3) is 11.4 Å². The maximum absolute atomic E-state index is 14.5. The average Bonchev–Trinajstić information content (AvgIpc) is 3.24. The molecule has 0 spiro atoms. The van der Waals surface area contributed by atoms with Crippen molar-refractivity contribution < 1.29 is 14.0 Å². The molecule has 0 fully saturated rings. The molecule has 0 saturated carbocycles. The lowest BCUT2D eigenvalue weighted by molar-refractivity contribution is -0.119. The Bertz CT molecular complexity index is 1300. The Labute approximate surface area is 204 Å². The number of carbonyl (C=O) groups excluding carboxylic acids is 2. The van der Waals surface area contributed by atoms with Gasteiger partial charge in [0.2, 0.25) is 5.91 Å². The number of aromatic nitrogens is 3. The van der Waals surface area contributed by atoms with E-state index in [-0.39, 0.29) is 5.75 Å². The summed E-state index contributed by atoms with van der Waals surface area (Å²) in [6, 6.07) is 22.2. The van der Waals surface area contributed by atoms with Crippen molar-refractivity contribution in [3.63, 3.8) is 0 Å². The van der Waals surface area contributed by atoms with Crippen LogP contribution in [0.3, 0.4) is 0 Å². The minimum atomic E-state index is -0.468. The summed E-state index contributed by atoms with van der Waals surface area (Å²) in [6.07, 6.45) is 0. The highest BCUT2D eigenvalue weighted by atomic mass is 35.5. The van der Waals surface area contributed by atoms with Crippen LogP contribution < -0.4 is 10.9 Å². The number of halogens is 2. The smallest absolute Gasteiger partial charge is 0.269 e. The normalized spacial score (nSPS) is 10.6. The number of hydrogen-bond donors (Lipinski definition) is 2. The van der Waals surface area contributed by atoms with E-state index in [0.29, 0.717) is 33.7 Å². The van der Waals surface area contributed by atoms with E-state index in [1.807, 2.05) is 30.3 Å². The van der Waals surface area contributed by atoms with Gasteiger partial charge in [-0.2, -0.15) is 0 Å². The van der Waals surface area contributed by atoms with Crippen LogP contribution in [0.1, 0.15) is 15.9 Å². The highest BCUT2D eigenvalue weighted by molar-refractivity contribution is 7.99. The Morgan fingerprint density at radius 3 is 2.35 bits per heavy atom. The molecule has 4 aromatic rings. The molecule has 1 aromatic heterocycles. The molecule has 3 aromatic carbocycles. The molecule has 34 heavy (non-hydrogen) atoms. The minimum Gasteiger partial charge on any atom is -0.297 e. The largest absolute Gasteiger partial charge is 0.297 e. The number of rotatable bonds is 7. The summed E-state index contributed by atoms with van der Waals surface area (Å²) < 4.78 is 16.2. The summed E-state index contributed by atoms with van der Waals surface area (Å²) in [7, 11) is 0. The van der Waals surface area contributed by atoms with E-state index in [1.165, 1.54) is 6.07 Å². The number of hydrogen-bond acceptors (Lipinski definition) is 5. The number of carbonyl (C=O) groups is 2. The molecule has 0 unspecified atom stereocenters. The van der Waals surface area contributed by atoms with E-state index in [2.05, 4.69) is 21.0 Å². The SMILES string of the molecule is O=C(CSc1nnc(-c2ccccc2F)n1Cc1ccccc1)NNC(=O)c1ccc(Cl)cc1. The Kier molecular flexibility index (Phi) is 7.56. The van der Waals surface area contributed by atoms with E-state index in [9.17, 15) is 14.0 Å². The van der Waals surface area contributed by atoms with Crippen molar-refractivity contribution >= 4 is 35.2 Å². The van der Waals surface area contributed by atoms with E-state index in [4.69, 9.17) is 11.6 Å². The predicted molar refractivity (Wildman–Crippen MR) is 129 cm³/mol. The number of nitrogens with zero attached hydrogens (tertiary/aromatic N) is 3. The molecule has 4 rings (SSSR count). The molecule has 172 valence electrons. The van der Waals surface area contributed by atoms with Crippen molar-refractivity contribution in [1.82, 2.24) is 25.6 Å². The molecule has 2 N–H and O–H groups in total. The molecule has 10 heteroatoms. The first-order valence-electron chi connectivity index (χ1n) is 10.2. The summed E-state index contributed by atoms with van der Waals surface area (Å²) in [5, 5.41) is 9.32. The second-order valence-electron chi connectivity index (χ2n) is 7.16. The van der Waals surface area contributed by atoms with Gasteiger partial charge in [-0.05, 0) is 42.0 Å². The van der Waals surface area contributed by atoms with Crippen LogP contribution in [0.5, 0.6) is 0 Å². The second kappa shape index (κ2) is 11.0. The van der Waals surface area contributed by atoms with Gasteiger partial charge in [-0.3, -0.25) is 25.0 Å². The lowest BCUT2D eigenvalue weighted by Crippen LogP contribution is -2.42. The molecule has 0 bridgehead atoms. The molecular weight excluding hydrogens is 477 g/mol. The third kappa shape index (κ3) is 5.81. The van der Waals surface area contributed by atoms with Crippen molar-refractivity contribution in [3.05, 3.63) is 101 Å². The van der Waals surface area contributed by atoms with Gasteiger partial charge in [0, 0.05) is 10.6 Å². The van der Waals surface area contributed by atoms with E-state index in [1.54, 1.807) is 47.0 Å². The van der Waals surface area contributed by atoms with Gasteiger partial charge < -0.3 is 0 Å². The van der Waals surface area contributed by atoms with Crippen LogP contribution in [0.15, 0.2) is 84.0 Å². The molecule has 0 aliphatic rings. The molecule has 1 heterocycles. The molecule has 0 radical (unpaired) electrons. The molecule has 7 nitrogen and oxygen atoms in total. The zero-order valence-electron chi connectivity index (χ0n) is 17.7. The van der Waals surface area contributed by atoms with Gasteiger partial charge in [-0.1, -0.05) is 65.8 Å². The van der Waals surface area contributed by atoms with Crippen LogP contribution >= 0.6 is 23.4 Å². The van der Waals surface area contributed by atoms with Gasteiger partial charge in [-0.25, -0.2) is 4.39 Å². The highest BCUT2D eigenvalue weighted by Gasteiger charge is 2.18. The molecule has 0 atom stereocenters. The fraction of sp³-hybridized carbons (Fsp3) is 0.0833. The second-order valence-corrected chi connectivity index (χ2v) is 8.53. The zero-order chi connectivity index (χ0) is 23.9. The molecule has 0 aliphatic carbocycles. The topological polar surface area (TPSA) is 88.9 Å². The first-order chi connectivity index (χ1) is 16.5. The number of amides is 2. The van der Waals surface area contributed by atoms with Gasteiger partial charge in [0.05, 0.1) is 17.9 Å². The number of hydrazine groups is 1. The lowest BCUT2D eigenvalue weighted by atomic mass is 10.2. The maximum atomic E-state index is 14.5. The molecule has 2 amide bonds. The van der Waals surface area contributed by atoms with Crippen LogP contribution in [0.2, 0.25) is 5.02 Å². The standard InChI is InChI=1S/C24H19ClFN5O2S/c25-18-12-10-17(11-13-18)23(33)29-27-21(32)15-34-24-30-28-22(19-8-4-5-9-20(19)26)31(24)14-16-6-2-1-3-7-16/h1-13H,14-15H2,(H,27,32)(H,29,33).